The van der Waals surface area contributed by atoms with Gasteiger partial charge in [0, 0.05) is 23.2 Å². The Morgan fingerprint density at radius 1 is 1.04 bits per heavy atom. The zero-order chi connectivity index (χ0) is 15.8. The fraction of sp³-hybridized carbons (Fsp3) is 0.158. The highest BCUT2D eigenvalue weighted by Gasteiger charge is 2.25. The third kappa shape index (κ3) is 2.47. The number of halogens is 1. The molecule has 0 spiro atoms. The molecule has 3 nitrogen and oxygen atoms in total. The number of hydrogen-bond donors (Lipinski definition) is 0. The molecule has 2 aromatic carbocycles. The molecule has 0 saturated carbocycles. The van der Waals surface area contributed by atoms with Gasteiger partial charge in [0.05, 0.1) is 11.7 Å². The number of rotatable bonds is 2. The Labute approximate surface area is 140 Å². The summed E-state index contributed by atoms with van der Waals surface area (Å²) < 4.78 is 2.05. The average molecular weight is 322 g/mol. The molecule has 1 aliphatic heterocycles. The van der Waals surface area contributed by atoms with E-state index in [-0.39, 0.29) is 6.04 Å². The zero-order valence-electron chi connectivity index (χ0n) is 12.8. The van der Waals surface area contributed by atoms with Gasteiger partial charge in [0.2, 0.25) is 0 Å². The van der Waals surface area contributed by atoms with Gasteiger partial charge in [-0.05, 0) is 30.2 Å². The standard InChI is InChI=1S/C19H16ClN3/c1-13-18(15-7-9-16(20)10-8-15)19-21-12-11-17(23(19)22-13)14-5-3-2-4-6-14/h2-10,12,17H,11H2,1H3/t17-/m1/s1. The van der Waals surface area contributed by atoms with Crippen LogP contribution < -0.4 is 0 Å². The van der Waals surface area contributed by atoms with Crippen LogP contribution in [0.4, 0.5) is 5.82 Å². The van der Waals surface area contributed by atoms with E-state index >= 15 is 0 Å². The van der Waals surface area contributed by atoms with E-state index in [0.717, 1.165) is 34.1 Å². The van der Waals surface area contributed by atoms with Crippen LogP contribution >= 0.6 is 11.6 Å². The molecule has 0 N–H and O–H groups in total. The van der Waals surface area contributed by atoms with Crippen molar-refractivity contribution in [1.82, 2.24) is 9.78 Å². The van der Waals surface area contributed by atoms with Gasteiger partial charge in [0.1, 0.15) is 0 Å². The van der Waals surface area contributed by atoms with E-state index in [2.05, 4.69) is 33.9 Å². The molecule has 0 fully saturated rings. The van der Waals surface area contributed by atoms with Gasteiger partial charge in [-0.25, -0.2) is 9.67 Å². The third-order valence-corrected chi connectivity index (χ3v) is 4.47. The molecule has 23 heavy (non-hydrogen) atoms. The second kappa shape index (κ2) is 5.67. The van der Waals surface area contributed by atoms with E-state index in [9.17, 15) is 0 Å². The molecular formula is C19H16ClN3. The van der Waals surface area contributed by atoms with Crippen molar-refractivity contribution >= 4 is 23.6 Å². The molecule has 0 radical (unpaired) electrons. The number of aliphatic imine (C=N–C) groups is 1. The van der Waals surface area contributed by atoms with Crippen LogP contribution in [0.5, 0.6) is 0 Å². The van der Waals surface area contributed by atoms with Crippen molar-refractivity contribution in [3.8, 4) is 11.1 Å². The number of aromatic nitrogens is 2. The van der Waals surface area contributed by atoms with Gasteiger partial charge in [0.25, 0.3) is 0 Å². The van der Waals surface area contributed by atoms with Crippen LogP contribution in [0.15, 0.2) is 59.6 Å². The Bertz CT molecular complexity index is 864. The number of fused-ring (bicyclic) bond motifs is 1. The lowest BCUT2D eigenvalue weighted by molar-refractivity contribution is 0.533. The predicted molar refractivity (Wildman–Crippen MR) is 94.8 cm³/mol. The van der Waals surface area contributed by atoms with Gasteiger partial charge in [-0.1, -0.05) is 54.1 Å². The summed E-state index contributed by atoms with van der Waals surface area (Å²) in [7, 11) is 0. The summed E-state index contributed by atoms with van der Waals surface area (Å²) in [6, 6.07) is 18.5. The summed E-state index contributed by atoms with van der Waals surface area (Å²) in [6.07, 6.45) is 2.85. The maximum Gasteiger partial charge on any atom is 0.158 e. The zero-order valence-corrected chi connectivity index (χ0v) is 13.5. The molecule has 0 saturated heterocycles. The van der Waals surface area contributed by atoms with Crippen LogP contribution in [-0.4, -0.2) is 16.0 Å². The van der Waals surface area contributed by atoms with Crippen molar-refractivity contribution in [2.75, 3.05) is 0 Å². The maximum absolute atomic E-state index is 6.01. The highest BCUT2D eigenvalue weighted by atomic mass is 35.5. The molecule has 4 rings (SSSR count). The SMILES string of the molecule is Cc1nn2c(c1-c1ccc(Cl)cc1)N=CC[C@@H]2c1ccccc1. The highest BCUT2D eigenvalue weighted by molar-refractivity contribution is 6.30. The molecule has 0 unspecified atom stereocenters. The highest BCUT2D eigenvalue weighted by Crippen LogP contribution is 2.39. The maximum atomic E-state index is 6.01. The van der Waals surface area contributed by atoms with Crippen molar-refractivity contribution in [2.45, 2.75) is 19.4 Å². The van der Waals surface area contributed by atoms with Crippen molar-refractivity contribution in [3.63, 3.8) is 0 Å². The summed E-state index contributed by atoms with van der Waals surface area (Å²) in [5, 5.41) is 5.51. The number of nitrogens with zero attached hydrogens (tertiary/aromatic N) is 3. The van der Waals surface area contributed by atoms with Gasteiger partial charge < -0.3 is 0 Å². The molecule has 114 valence electrons. The minimum absolute atomic E-state index is 0.198. The molecule has 1 aromatic heterocycles. The quantitative estimate of drug-likeness (QED) is 0.637. The van der Waals surface area contributed by atoms with E-state index in [1.54, 1.807) is 0 Å². The summed E-state index contributed by atoms with van der Waals surface area (Å²) in [5.41, 5.74) is 4.42. The van der Waals surface area contributed by atoms with Crippen LogP contribution in [0, 0.1) is 6.92 Å². The van der Waals surface area contributed by atoms with Crippen LogP contribution in [-0.2, 0) is 0 Å². The van der Waals surface area contributed by atoms with Gasteiger partial charge in [-0.2, -0.15) is 5.10 Å². The lowest BCUT2D eigenvalue weighted by Gasteiger charge is -2.21. The first-order valence-corrected chi connectivity index (χ1v) is 8.04. The van der Waals surface area contributed by atoms with Gasteiger partial charge in [0.15, 0.2) is 5.82 Å². The minimum Gasteiger partial charge on any atom is -0.241 e. The van der Waals surface area contributed by atoms with Crippen molar-refractivity contribution in [1.29, 1.82) is 0 Å². The van der Waals surface area contributed by atoms with Gasteiger partial charge in [-0.3, -0.25) is 0 Å². The number of aryl methyl sites for hydroxylation is 1. The van der Waals surface area contributed by atoms with Crippen molar-refractivity contribution < 1.29 is 0 Å². The Morgan fingerprint density at radius 2 is 1.78 bits per heavy atom. The summed E-state index contributed by atoms with van der Waals surface area (Å²) >= 11 is 6.01. The smallest absolute Gasteiger partial charge is 0.158 e. The largest absolute Gasteiger partial charge is 0.241 e. The molecule has 3 aromatic rings. The molecule has 0 bridgehead atoms. The van der Waals surface area contributed by atoms with E-state index < -0.39 is 0 Å². The Kier molecular flexibility index (Phi) is 3.50. The normalized spacial score (nSPS) is 16.3. The second-order valence-corrected chi connectivity index (χ2v) is 6.15. The predicted octanol–water partition coefficient (Wildman–Crippen LogP) is 5.21. The van der Waals surface area contributed by atoms with E-state index in [4.69, 9.17) is 16.7 Å². The fourth-order valence-electron chi connectivity index (χ4n) is 3.12. The molecular weight excluding hydrogens is 306 g/mol. The number of benzene rings is 2. The van der Waals surface area contributed by atoms with E-state index in [1.807, 2.05) is 43.5 Å². The van der Waals surface area contributed by atoms with E-state index in [0.29, 0.717) is 0 Å². The fourth-order valence-corrected chi connectivity index (χ4v) is 3.25. The van der Waals surface area contributed by atoms with Crippen LogP contribution in [0.3, 0.4) is 0 Å². The molecule has 1 atom stereocenters. The molecule has 0 amide bonds. The van der Waals surface area contributed by atoms with E-state index in [1.165, 1.54) is 5.56 Å². The second-order valence-electron chi connectivity index (χ2n) is 5.71. The summed E-state index contributed by atoms with van der Waals surface area (Å²) in [5.74, 6) is 0.921. The minimum atomic E-state index is 0.198. The van der Waals surface area contributed by atoms with Crippen LogP contribution in [0.2, 0.25) is 5.02 Å². The lowest BCUT2D eigenvalue weighted by atomic mass is 10.0. The first-order valence-electron chi connectivity index (χ1n) is 7.66. The summed E-state index contributed by atoms with van der Waals surface area (Å²) in [4.78, 5) is 4.63. The first-order chi connectivity index (χ1) is 11.2. The van der Waals surface area contributed by atoms with Crippen LogP contribution in [0.1, 0.15) is 23.7 Å². The third-order valence-electron chi connectivity index (χ3n) is 4.21. The first kappa shape index (κ1) is 14.2. The van der Waals surface area contributed by atoms with Crippen molar-refractivity contribution in [3.05, 3.63) is 70.9 Å². The molecule has 4 heteroatoms. The number of hydrogen-bond acceptors (Lipinski definition) is 2. The van der Waals surface area contributed by atoms with Crippen molar-refractivity contribution in [2.24, 2.45) is 4.99 Å². The Morgan fingerprint density at radius 3 is 2.52 bits per heavy atom. The summed E-state index contributed by atoms with van der Waals surface area (Å²) in [6.45, 7) is 2.03. The van der Waals surface area contributed by atoms with Gasteiger partial charge >= 0.3 is 0 Å². The van der Waals surface area contributed by atoms with Gasteiger partial charge in [-0.15, -0.1) is 0 Å². The molecule has 1 aliphatic rings. The monoisotopic (exact) mass is 321 g/mol. The topological polar surface area (TPSA) is 30.2 Å². The lowest BCUT2D eigenvalue weighted by Crippen LogP contribution is -2.15. The van der Waals surface area contributed by atoms with Crippen LogP contribution in [0.25, 0.3) is 11.1 Å². The molecule has 2 heterocycles. The Balaban J connectivity index is 1.85. The Hall–Kier alpha value is -2.39. The average Bonchev–Trinajstić information content (AvgIpc) is 2.92. The molecule has 0 aliphatic carbocycles.